The van der Waals surface area contributed by atoms with Gasteiger partial charge in [-0.15, -0.1) is 0 Å². The van der Waals surface area contributed by atoms with Crippen molar-refractivity contribution >= 4 is 23.2 Å². The van der Waals surface area contributed by atoms with E-state index in [-0.39, 0.29) is 11.7 Å². The maximum Gasteiger partial charge on any atom is 0.257 e. The summed E-state index contributed by atoms with van der Waals surface area (Å²) in [6, 6.07) is 12.2. The molecule has 4 rings (SSSR count). The van der Waals surface area contributed by atoms with Crippen molar-refractivity contribution in [2.75, 3.05) is 26.7 Å². The van der Waals surface area contributed by atoms with Crippen molar-refractivity contribution in [2.24, 2.45) is 5.10 Å². The normalized spacial score (nSPS) is 19.6. The Kier molecular flexibility index (Phi) is 6.25. The number of hydrogen-bond donors (Lipinski definition) is 1. The smallest absolute Gasteiger partial charge is 0.257 e. The van der Waals surface area contributed by atoms with Crippen LogP contribution in [-0.2, 0) is 4.79 Å². The molecule has 0 radical (unpaired) electrons. The number of amides is 1. The van der Waals surface area contributed by atoms with Crippen LogP contribution in [0.25, 0.3) is 0 Å². The molecule has 0 saturated carbocycles. The van der Waals surface area contributed by atoms with Crippen molar-refractivity contribution in [2.45, 2.75) is 31.7 Å². The number of methoxy groups -OCH3 is 1. The number of piperidine rings is 1. The van der Waals surface area contributed by atoms with Gasteiger partial charge in [0, 0.05) is 17.0 Å². The van der Waals surface area contributed by atoms with Crippen LogP contribution in [0.4, 0.5) is 0 Å². The molecular weight excluding hydrogens is 402 g/mol. The van der Waals surface area contributed by atoms with Gasteiger partial charge in [-0.2, -0.15) is 5.10 Å². The molecule has 0 aliphatic carbocycles. The summed E-state index contributed by atoms with van der Waals surface area (Å²) >= 11 is 6.19. The van der Waals surface area contributed by atoms with Gasteiger partial charge < -0.3 is 9.84 Å². The minimum absolute atomic E-state index is 0.0650. The second kappa shape index (κ2) is 9.06. The number of hydrazone groups is 1. The lowest BCUT2D eigenvalue weighted by atomic mass is 9.97. The fraction of sp³-hybridized carbons (Fsp3) is 0.391. The molecule has 2 aromatic carbocycles. The molecule has 158 valence electrons. The second-order valence-corrected chi connectivity index (χ2v) is 8.21. The maximum atomic E-state index is 13.2. The Morgan fingerprint density at radius 2 is 1.90 bits per heavy atom. The van der Waals surface area contributed by atoms with E-state index in [4.69, 9.17) is 16.3 Å². The highest BCUT2D eigenvalue weighted by Gasteiger charge is 2.35. The highest BCUT2D eigenvalue weighted by molar-refractivity contribution is 6.30. The Bertz CT molecular complexity index is 939. The summed E-state index contributed by atoms with van der Waals surface area (Å²) in [6.07, 6.45) is 3.96. The number of hydrogen-bond acceptors (Lipinski definition) is 5. The topological polar surface area (TPSA) is 65.4 Å². The molecule has 1 atom stereocenters. The van der Waals surface area contributed by atoms with Gasteiger partial charge in [0.05, 0.1) is 25.4 Å². The van der Waals surface area contributed by atoms with E-state index in [9.17, 15) is 9.90 Å². The van der Waals surface area contributed by atoms with Gasteiger partial charge in [0.2, 0.25) is 0 Å². The molecule has 0 bridgehead atoms. The third kappa shape index (κ3) is 4.45. The molecule has 2 aliphatic heterocycles. The van der Waals surface area contributed by atoms with Crippen LogP contribution >= 0.6 is 11.6 Å². The number of aromatic hydroxyl groups is 1. The number of likely N-dealkylation sites (tertiary alicyclic amines) is 1. The first kappa shape index (κ1) is 20.7. The Morgan fingerprint density at radius 3 is 2.60 bits per heavy atom. The third-order valence-corrected chi connectivity index (χ3v) is 5.98. The molecule has 1 unspecified atom stereocenters. The molecule has 2 aromatic rings. The molecule has 7 heteroatoms. The standard InChI is InChI=1S/C23H26ClN3O3/c1-30-18-8-5-16(6-9-18)20-14-21(19-13-17(24)7-10-22(19)28)27(25-20)23(29)15-26-11-3-2-4-12-26/h5-10,13,21,28H,2-4,11-12,14-15H2,1H3. The molecule has 2 heterocycles. The average molecular weight is 428 g/mol. The zero-order valence-corrected chi connectivity index (χ0v) is 17.8. The molecule has 1 amide bonds. The van der Waals surface area contributed by atoms with Gasteiger partial charge in [0.1, 0.15) is 11.5 Å². The van der Waals surface area contributed by atoms with Gasteiger partial charge in [-0.3, -0.25) is 9.69 Å². The number of nitrogens with zero attached hydrogens (tertiary/aromatic N) is 3. The van der Waals surface area contributed by atoms with E-state index in [2.05, 4.69) is 10.0 Å². The molecule has 1 fully saturated rings. The molecule has 2 aliphatic rings. The van der Waals surface area contributed by atoms with Gasteiger partial charge in [0.25, 0.3) is 5.91 Å². The first-order valence-corrected chi connectivity index (χ1v) is 10.7. The minimum Gasteiger partial charge on any atom is -0.508 e. The van der Waals surface area contributed by atoms with Crippen LogP contribution in [0, 0.1) is 0 Å². The zero-order valence-electron chi connectivity index (χ0n) is 17.1. The number of ether oxygens (including phenoxy) is 1. The Hall–Kier alpha value is -2.57. The maximum absolute atomic E-state index is 13.2. The fourth-order valence-electron chi connectivity index (χ4n) is 4.11. The molecule has 6 nitrogen and oxygen atoms in total. The number of rotatable bonds is 5. The van der Waals surface area contributed by atoms with Crippen molar-refractivity contribution in [3.8, 4) is 11.5 Å². The van der Waals surface area contributed by atoms with Gasteiger partial charge in [-0.1, -0.05) is 18.0 Å². The zero-order chi connectivity index (χ0) is 21.1. The lowest BCUT2D eigenvalue weighted by molar-refractivity contribution is -0.134. The largest absolute Gasteiger partial charge is 0.508 e. The van der Waals surface area contributed by atoms with E-state index in [1.54, 1.807) is 25.3 Å². The SMILES string of the molecule is COc1ccc(C2=NN(C(=O)CN3CCCCC3)C(c3cc(Cl)ccc3O)C2)cc1. The van der Waals surface area contributed by atoms with Crippen LogP contribution in [0.1, 0.15) is 42.9 Å². The summed E-state index contributed by atoms with van der Waals surface area (Å²) in [5, 5.41) is 17.2. The summed E-state index contributed by atoms with van der Waals surface area (Å²) in [6.45, 7) is 2.20. The van der Waals surface area contributed by atoms with E-state index in [1.807, 2.05) is 24.3 Å². The predicted octanol–water partition coefficient (Wildman–Crippen LogP) is 4.22. The van der Waals surface area contributed by atoms with E-state index >= 15 is 0 Å². The van der Waals surface area contributed by atoms with E-state index in [0.717, 1.165) is 43.0 Å². The quantitative estimate of drug-likeness (QED) is 0.775. The van der Waals surface area contributed by atoms with Gasteiger partial charge >= 0.3 is 0 Å². The van der Waals surface area contributed by atoms with Crippen LogP contribution in [0.3, 0.4) is 0 Å². The lowest BCUT2D eigenvalue weighted by Gasteiger charge is -2.29. The molecule has 1 N–H and O–H groups in total. The number of phenols is 1. The molecule has 1 saturated heterocycles. The number of carbonyl (C=O) groups is 1. The van der Waals surface area contributed by atoms with Crippen molar-refractivity contribution in [3.63, 3.8) is 0 Å². The second-order valence-electron chi connectivity index (χ2n) is 7.77. The van der Waals surface area contributed by atoms with Gasteiger partial charge in [0.15, 0.2) is 0 Å². The number of carbonyl (C=O) groups excluding carboxylic acids is 1. The minimum atomic E-state index is -0.391. The van der Waals surface area contributed by atoms with Crippen LogP contribution in [0.5, 0.6) is 11.5 Å². The summed E-state index contributed by atoms with van der Waals surface area (Å²) in [7, 11) is 1.63. The summed E-state index contributed by atoms with van der Waals surface area (Å²) in [5.41, 5.74) is 2.34. The van der Waals surface area contributed by atoms with Crippen LogP contribution < -0.4 is 4.74 Å². The van der Waals surface area contributed by atoms with Crippen molar-refractivity contribution < 1.29 is 14.6 Å². The van der Waals surface area contributed by atoms with Crippen molar-refractivity contribution in [1.29, 1.82) is 0 Å². The van der Waals surface area contributed by atoms with Crippen LogP contribution in [0.2, 0.25) is 5.02 Å². The van der Waals surface area contributed by atoms with Crippen molar-refractivity contribution in [1.82, 2.24) is 9.91 Å². The molecule has 30 heavy (non-hydrogen) atoms. The monoisotopic (exact) mass is 427 g/mol. The van der Waals surface area contributed by atoms with Crippen LogP contribution in [0.15, 0.2) is 47.6 Å². The predicted molar refractivity (Wildman–Crippen MR) is 117 cm³/mol. The Balaban J connectivity index is 1.63. The van der Waals surface area contributed by atoms with E-state index < -0.39 is 6.04 Å². The summed E-state index contributed by atoms with van der Waals surface area (Å²) in [4.78, 5) is 15.4. The van der Waals surface area contributed by atoms with Crippen molar-refractivity contribution in [3.05, 3.63) is 58.6 Å². The first-order valence-electron chi connectivity index (χ1n) is 10.3. The number of phenolic OH excluding ortho intramolecular Hbond substituents is 1. The first-order chi connectivity index (χ1) is 14.5. The molecular formula is C23H26ClN3O3. The third-order valence-electron chi connectivity index (χ3n) is 5.75. The Labute approximate surface area is 181 Å². The van der Waals surface area contributed by atoms with E-state index in [0.29, 0.717) is 23.6 Å². The lowest BCUT2D eigenvalue weighted by Crippen LogP contribution is -2.40. The highest BCUT2D eigenvalue weighted by Crippen LogP contribution is 2.38. The number of benzene rings is 2. The fourth-order valence-corrected chi connectivity index (χ4v) is 4.29. The molecule has 0 spiro atoms. The Morgan fingerprint density at radius 1 is 1.17 bits per heavy atom. The van der Waals surface area contributed by atoms with Gasteiger partial charge in [-0.25, -0.2) is 5.01 Å². The van der Waals surface area contributed by atoms with Crippen LogP contribution in [-0.4, -0.2) is 53.4 Å². The summed E-state index contributed by atoms with van der Waals surface area (Å²) < 4.78 is 5.24. The van der Waals surface area contributed by atoms with E-state index in [1.165, 1.54) is 11.4 Å². The highest BCUT2D eigenvalue weighted by atomic mass is 35.5. The van der Waals surface area contributed by atoms with Gasteiger partial charge in [-0.05, 0) is 74.0 Å². The summed E-state index contributed by atoms with van der Waals surface area (Å²) in [5.74, 6) is 0.815. The number of halogens is 1. The molecule has 0 aromatic heterocycles. The average Bonchev–Trinajstić information content (AvgIpc) is 3.21.